The van der Waals surface area contributed by atoms with Gasteiger partial charge in [0.05, 0.1) is 0 Å². The summed E-state index contributed by atoms with van der Waals surface area (Å²) in [6.07, 6.45) is 3.06. The summed E-state index contributed by atoms with van der Waals surface area (Å²) in [5, 5.41) is 0. The van der Waals surface area contributed by atoms with Gasteiger partial charge in [-0.05, 0) is 44.8 Å². The molecule has 1 rings (SSSR count). The molecule has 3 heteroatoms. The Morgan fingerprint density at radius 1 is 1.12 bits per heavy atom. The molecule has 0 aliphatic carbocycles. The number of carbonyl (C=O) groups is 1. The number of ketones is 1. The van der Waals surface area contributed by atoms with Crippen molar-refractivity contribution in [1.82, 2.24) is 0 Å². The van der Waals surface area contributed by atoms with Gasteiger partial charge in [-0.1, -0.05) is 31.2 Å². The fourth-order valence-corrected chi connectivity index (χ4v) is 1.46. The van der Waals surface area contributed by atoms with Crippen LogP contribution in [-0.2, 0) is 6.42 Å². The van der Waals surface area contributed by atoms with Crippen molar-refractivity contribution in [3.8, 4) is 0 Å². The summed E-state index contributed by atoms with van der Waals surface area (Å²) in [5.74, 6) is 0.155. The molecule has 0 atom stereocenters. The minimum atomic E-state index is 0.155. The van der Waals surface area contributed by atoms with Crippen LogP contribution in [0.25, 0.3) is 0 Å². The van der Waals surface area contributed by atoms with Crippen molar-refractivity contribution in [3.63, 3.8) is 0 Å². The SMILES string of the molecule is CCc1ccccc1C(C)=O.NCCCCN. The number of Topliss-reactive ketones (excluding diaryl/α,β-unsaturated/α-hetero) is 1. The number of nitrogens with two attached hydrogens (primary N) is 2. The number of aryl methyl sites for hydroxylation is 1. The van der Waals surface area contributed by atoms with Crippen LogP contribution in [0.5, 0.6) is 0 Å². The van der Waals surface area contributed by atoms with Crippen molar-refractivity contribution in [3.05, 3.63) is 35.4 Å². The van der Waals surface area contributed by atoms with E-state index in [9.17, 15) is 4.79 Å². The zero-order valence-corrected chi connectivity index (χ0v) is 10.9. The Hall–Kier alpha value is -1.19. The van der Waals surface area contributed by atoms with Crippen molar-refractivity contribution < 1.29 is 4.79 Å². The Bertz CT molecular complexity index is 320. The lowest BCUT2D eigenvalue weighted by molar-refractivity contribution is 0.101. The van der Waals surface area contributed by atoms with E-state index in [4.69, 9.17) is 11.5 Å². The molecule has 0 aliphatic heterocycles. The second-order valence-electron chi connectivity index (χ2n) is 3.85. The lowest BCUT2D eigenvalue weighted by Gasteiger charge is -2.01. The molecule has 0 amide bonds. The second-order valence-corrected chi connectivity index (χ2v) is 3.85. The smallest absolute Gasteiger partial charge is 0.160 e. The zero-order chi connectivity index (χ0) is 13.1. The Morgan fingerprint density at radius 3 is 2.00 bits per heavy atom. The summed E-state index contributed by atoms with van der Waals surface area (Å²) in [5.41, 5.74) is 12.3. The van der Waals surface area contributed by atoms with Crippen molar-refractivity contribution in [2.24, 2.45) is 11.5 Å². The van der Waals surface area contributed by atoms with Crippen LogP contribution in [0.3, 0.4) is 0 Å². The third kappa shape index (κ3) is 6.87. The van der Waals surface area contributed by atoms with Gasteiger partial charge in [0.1, 0.15) is 0 Å². The van der Waals surface area contributed by atoms with Crippen LogP contribution in [0.1, 0.15) is 42.6 Å². The first-order valence-corrected chi connectivity index (χ1v) is 6.16. The van der Waals surface area contributed by atoms with Crippen LogP contribution in [0.2, 0.25) is 0 Å². The maximum atomic E-state index is 11.0. The van der Waals surface area contributed by atoms with Crippen molar-refractivity contribution in [2.45, 2.75) is 33.1 Å². The number of hydrogen-bond acceptors (Lipinski definition) is 3. The molecule has 1 aromatic rings. The molecule has 0 saturated carbocycles. The van der Waals surface area contributed by atoms with Crippen LogP contribution < -0.4 is 11.5 Å². The molecular weight excluding hydrogens is 212 g/mol. The number of benzene rings is 1. The van der Waals surface area contributed by atoms with Gasteiger partial charge in [0, 0.05) is 5.56 Å². The number of unbranched alkanes of at least 4 members (excludes halogenated alkanes) is 1. The maximum Gasteiger partial charge on any atom is 0.160 e. The summed E-state index contributed by atoms with van der Waals surface area (Å²) in [6.45, 7) is 5.21. The predicted octanol–water partition coefficient (Wildman–Crippen LogP) is 2.14. The Morgan fingerprint density at radius 2 is 1.65 bits per heavy atom. The summed E-state index contributed by atoms with van der Waals surface area (Å²) >= 11 is 0. The van der Waals surface area contributed by atoms with Gasteiger partial charge < -0.3 is 11.5 Å². The lowest BCUT2D eigenvalue weighted by atomic mass is 10.0. The summed E-state index contributed by atoms with van der Waals surface area (Å²) in [4.78, 5) is 11.0. The van der Waals surface area contributed by atoms with Gasteiger partial charge >= 0.3 is 0 Å². The first kappa shape index (κ1) is 15.8. The van der Waals surface area contributed by atoms with Crippen LogP contribution in [0.4, 0.5) is 0 Å². The van der Waals surface area contributed by atoms with Gasteiger partial charge in [-0.15, -0.1) is 0 Å². The van der Waals surface area contributed by atoms with Crippen LogP contribution in [0, 0.1) is 0 Å². The number of hydrogen-bond donors (Lipinski definition) is 2. The van der Waals surface area contributed by atoms with E-state index in [0.29, 0.717) is 0 Å². The van der Waals surface area contributed by atoms with Crippen LogP contribution >= 0.6 is 0 Å². The van der Waals surface area contributed by atoms with E-state index in [0.717, 1.165) is 43.5 Å². The van der Waals surface area contributed by atoms with Crippen molar-refractivity contribution in [2.75, 3.05) is 13.1 Å². The maximum absolute atomic E-state index is 11.0. The third-order valence-electron chi connectivity index (χ3n) is 2.44. The molecule has 0 saturated heterocycles. The highest BCUT2D eigenvalue weighted by atomic mass is 16.1. The highest BCUT2D eigenvalue weighted by Gasteiger charge is 2.02. The third-order valence-corrected chi connectivity index (χ3v) is 2.44. The summed E-state index contributed by atoms with van der Waals surface area (Å²) < 4.78 is 0. The number of carbonyl (C=O) groups excluding carboxylic acids is 1. The van der Waals surface area contributed by atoms with Gasteiger partial charge in [-0.2, -0.15) is 0 Å². The monoisotopic (exact) mass is 236 g/mol. The molecule has 0 radical (unpaired) electrons. The van der Waals surface area contributed by atoms with E-state index in [-0.39, 0.29) is 5.78 Å². The molecule has 4 N–H and O–H groups in total. The van der Waals surface area contributed by atoms with E-state index >= 15 is 0 Å². The highest BCUT2D eigenvalue weighted by Crippen LogP contribution is 2.09. The molecule has 3 nitrogen and oxygen atoms in total. The fraction of sp³-hybridized carbons (Fsp3) is 0.500. The molecule has 0 unspecified atom stereocenters. The van der Waals surface area contributed by atoms with E-state index in [1.807, 2.05) is 24.3 Å². The molecule has 0 aliphatic rings. The lowest BCUT2D eigenvalue weighted by Crippen LogP contribution is -2.03. The van der Waals surface area contributed by atoms with Crippen LogP contribution in [0.15, 0.2) is 24.3 Å². The van der Waals surface area contributed by atoms with E-state index < -0.39 is 0 Å². The molecule has 0 fully saturated rings. The zero-order valence-electron chi connectivity index (χ0n) is 10.9. The van der Waals surface area contributed by atoms with Gasteiger partial charge in [-0.25, -0.2) is 0 Å². The predicted molar refractivity (Wildman–Crippen MR) is 73.2 cm³/mol. The minimum absolute atomic E-state index is 0.155. The molecule has 0 heterocycles. The topological polar surface area (TPSA) is 69.1 Å². The van der Waals surface area contributed by atoms with E-state index in [1.165, 1.54) is 0 Å². The highest BCUT2D eigenvalue weighted by molar-refractivity contribution is 5.95. The molecule has 0 bridgehead atoms. The molecular formula is C14H24N2O. The molecule has 1 aromatic carbocycles. The molecule has 0 spiro atoms. The van der Waals surface area contributed by atoms with Crippen molar-refractivity contribution >= 4 is 5.78 Å². The normalized spacial score (nSPS) is 9.41. The first-order valence-electron chi connectivity index (χ1n) is 6.16. The molecule has 0 aromatic heterocycles. The largest absolute Gasteiger partial charge is 0.330 e. The quantitative estimate of drug-likeness (QED) is 0.608. The fourth-order valence-electron chi connectivity index (χ4n) is 1.46. The Kier molecular flexibility index (Phi) is 9.30. The van der Waals surface area contributed by atoms with Crippen molar-refractivity contribution in [1.29, 1.82) is 0 Å². The van der Waals surface area contributed by atoms with Gasteiger partial charge in [0.25, 0.3) is 0 Å². The molecule has 96 valence electrons. The average Bonchev–Trinajstić information content (AvgIpc) is 2.37. The first-order chi connectivity index (χ1) is 8.17. The standard InChI is InChI=1S/C10H12O.C4H12N2/c1-3-9-6-4-5-7-10(9)8(2)11;5-3-1-2-4-6/h4-7H,3H2,1-2H3;1-6H2. The minimum Gasteiger partial charge on any atom is -0.330 e. The van der Waals surface area contributed by atoms with E-state index in [1.54, 1.807) is 6.92 Å². The summed E-state index contributed by atoms with van der Waals surface area (Å²) in [6, 6.07) is 7.74. The van der Waals surface area contributed by atoms with Gasteiger partial charge in [0.15, 0.2) is 5.78 Å². The Labute approximate surface area is 104 Å². The Balaban J connectivity index is 0.000000366. The number of rotatable bonds is 5. The van der Waals surface area contributed by atoms with Gasteiger partial charge in [-0.3, -0.25) is 4.79 Å². The molecule has 17 heavy (non-hydrogen) atoms. The van der Waals surface area contributed by atoms with Crippen LogP contribution in [-0.4, -0.2) is 18.9 Å². The van der Waals surface area contributed by atoms with Gasteiger partial charge in [0.2, 0.25) is 0 Å². The second kappa shape index (κ2) is 10.00. The van der Waals surface area contributed by atoms with E-state index in [2.05, 4.69) is 6.92 Å². The average molecular weight is 236 g/mol. The summed E-state index contributed by atoms with van der Waals surface area (Å²) in [7, 11) is 0.